The molecule has 0 N–H and O–H groups in total. The molecule has 0 saturated heterocycles. The minimum absolute atomic E-state index is 0.261. The molecule has 0 aromatic carbocycles. The van der Waals surface area contributed by atoms with Crippen molar-refractivity contribution in [3.05, 3.63) is 36.7 Å². The first kappa shape index (κ1) is 8.17. The molecule has 2 nitrogen and oxygen atoms in total. The smallest absolute Gasteiger partial charge is 0.178 e. The third kappa shape index (κ3) is 2.25. The van der Waals surface area contributed by atoms with E-state index in [0.29, 0.717) is 5.92 Å². The highest BCUT2D eigenvalue weighted by Gasteiger charge is 2.27. The third-order valence-electron chi connectivity index (χ3n) is 2.13. The van der Waals surface area contributed by atoms with Crippen LogP contribution in [0.3, 0.4) is 0 Å². The number of allylic oxidation sites excluding steroid dienone is 1. The summed E-state index contributed by atoms with van der Waals surface area (Å²) >= 11 is 0. The summed E-state index contributed by atoms with van der Waals surface area (Å²) in [5.41, 5.74) is 0. The van der Waals surface area contributed by atoms with E-state index in [9.17, 15) is 4.79 Å². The minimum atomic E-state index is 0.261. The topological polar surface area (TPSA) is 20.9 Å². The summed E-state index contributed by atoms with van der Waals surface area (Å²) in [6.07, 6.45) is 9.44. The van der Waals surface area contributed by atoms with Crippen LogP contribution >= 0.6 is 0 Å². The normalized spacial score (nSPS) is 16.3. The van der Waals surface area contributed by atoms with Gasteiger partial charge in [0.1, 0.15) is 0 Å². The maximum Gasteiger partial charge on any atom is 0.178 e. The number of pyridine rings is 1. The first-order chi connectivity index (χ1) is 6.36. The lowest BCUT2D eigenvalue weighted by molar-refractivity contribution is -0.568. The van der Waals surface area contributed by atoms with Gasteiger partial charge in [0.25, 0.3) is 0 Å². The largest absolute Gasteiger partial charge is 0.294 e. The SMILES string of the molecule is O=C(/C=C/[n+]1ccccc1)C1CC1. The fourth-order valence-electron chi connectivity index (χ4n) is 1.17. The Morgan fingerprint density at radius 3 is 2.54 bits per heavy atom. The van der Waals surface area contributed by atoms with Crippen molar-refractivity contribution >= 4 is 12.0 Å². The molecule has 0 radical (unpaired) electrons. The molecule has 2 rings (SSSR count). The van der Waals surface area contributed by atoms with Gasteiger partial charge < -0.3 is 0 Å². The summed E-state index contributed by atoms with van der Waals surface area (Å²) in [5.74, 6) is 0.580. The standard InChI is InChI=1S/C11H12NO/c13-11(10-4-5-10)6-9-12-7-2-1-3-8-12/h1-3,6-10H,4-5H2/q+1/b9-6+. The van der Waals surface area contributed by atoms with E-state index >= 15 is 0 Å². The molecule has 0 bridgehead atoms. The quantitative estimate of drug-likeness (QED) is 0.501. The van der Waals surface area contributed by atoms with Crippen LogP contribution in [0.5, 0.6) is 0 Å². The van der Waals surface area contributed by atoms with Crippen LogP contribution < -0.4 is 4.57 Å². The van der Waals surface area contributed by atoms with Crippen LogP contribution in [-0.2, 0) is 4.79 Å². The van der Waals surface area contributed by atoms with Crippen LogP contribution in [0.2, 0.25) is 0 Å². The highest BCUT2D eigenvalue weighted by atomic mass is 16.1. The summed E-state index contributed by atoms with van der Waals surface area (Å²) in [4.78, 5) is 11.3. The number of carbonyl (C=O) groups excluding carboxylic acids is 1. The van der Waals surface area contributed by atoms with Crippen molar-refractivity contribution in [2.75, 3.05) is 0 Å². The van der Waals surface area contributed by atoms with Crippen LogP contribution in [0.1, 0.15) is 12.8 Å². The fourth-order valence-corrected chi connectivity index (χ4v) is 1.17. The number of nitrogens with zero attached hydrogens (tertiary/aromatic N) is 1. The van der Waals surface area contributed by atoms with Crippen molar-refractivity contribution < 1.29 is 9.36 Å². The van der Waals surface area contributed by atoms with Crippen LogP contribution in [-0.4, -0.2) is 5.78 Å². The van der Waals surface area contributed by atoms with Gasteiger partial charge in [-0.05, 0) is 12.8 Å². The number of ketones is 1. The van der Waals surface area contributed by atoms with Gasteiger partial charge in [0.15, 0.2) is 24.4 Å². The molecule has 1 aliphatic rings. The van der Waals surface area contributed by atoms with Gasteiger partial charge in [-0.15, -0.1) is 0 Å². The number of hydrogen-bond acceptors (Lipinski definition) is 1. The molecule has 1 fully saturated rings. The molecule has 0 spiro atoms. The van der Waals surface area contributed by atoms with Gasteiger partial charge in [0, 0.05) is 24.1 Å². The second-order valence-corrected chi connectivity index (χ2v) is 3.32. The Labute approximate surface area is 77.5 Å². The molecule has 1 aliphatic carbocycles. The monoisotopic (exact) mass is 174 g/mol. The Morgan fingerprint density at radius 2 is 1.92 bits per heavy atom. The van der Waals surface area contributed by atoms with E-state index in [1.165, 1.54) is 0 Å². The number of hydrogen-bond donors (Lipinski definition) is 0. The molecule has 0 unspecified atom stereocenters. The lowest BCUT2D eigenvalue weighted by Crippen LogP contribution is -2.24. The van der Waals surface area contributed by atoms with Crippen molar-refractivity contribution in [2.45, 2.75) is 12.8 Å². The van der Waals surface area contributed by atoms with E-state index in [4.69, 9.17) is 0 Å². The molecule has 66 valence electrons. The molecule has 2 heteroatoms. The van der Waals surface area contributed by atoms with E-state index in [1.807, 2.05) is 35.2 Å². The molecule has 1 aromatic heterocycles. The van der Waals surface area contributed by atoms with Crippen LogP contribution in [0, 0.1) is 5.92 Å². The Morgan fingerprint density at radius 1 is 1.23 bits per heavy atom. The second kappa shape index (κ2) is 3.52. The molecule has 1 heterocycles. The van der Waals surface area contributed by atoms with E-state index in [2.05, 4.69) is 0 Å². The molecule has 1 aromatic rings. The maximum absolute atomic E-state index is 11.3. The van der Waals surface area contributed by atoms with Gasteiger partial charge in [-0.1, -0.05) is 6.07 Å². The Hall–Kier alpha value is -1.44. The molecular formula is C11H12NO+. The van der Waals surface area contributed by atoms with Gasteiger partial charge in [-0.3, -0.25) is 4.79 Å². The molecule has 0 aliphatic heterocycles. The summed E-state index contributed by atoms with van der Waals surface area (Å²) in [7, 11) is 0. The van der Waals surface area contributed by atoms with E-state index in [-0.39, 0.29) is 5.78 Å². The van der Waals surface area contributed by atoms with Crippen molar-refractivity contribution in [1.29, 1.82) is 0 Å². The average molecular weight is 174 g/mol. The molecule has 1 saturated carbocycles. The van der Waals surface area contributed by atoms with Gasteiger partial charge in [-0.2, -0.15) is 4.57 Å². The van der Waals surface area contributed by atoms with Gasteiger partial charge in [0.05, 0.1) is 0 Å². The number of carbonyl (C=O) groups is 1. The van der Waals surface area contributed by atoms with Gasteiger partial charge in [0.2, 0.25) is 0 Å². The van der Waals surface area contributed by atoms with E-state index in [1.54, 1.807) is 12.3 Å². The van der Waals surface area contributed by atoms with E-state index < -0.39 is 0 Å². The first-order valence-electron chi connectivity index (χ1n) is 4.54. The second-order valence-electron chi connectivity index (χ2n) is 3.32. The summed E-state index contributed by atoms with van der Waals surface area (Å²) in [5, 5.41) is 0. The molecule has 13 heavy (non-hydrogen) atoms. The zero-order valence-corrected chi connectivity index (χ0v) is 7.39. The predicted octanol–water partition coefficient (Wildman–Crippen LogP) is 1.42. The van der Waals surface area contributed by atoms with Crippen LogP contribution in [0.25, 0.3) is 6.20 Å². The van der Waals surface area contributed by atoms with Crippen molar-refractivity contribution in [3.63, 3.8) is 0 Å². The average Bonchev–Trinajstić information content (AvgIpc) is 2.99. The maximum atomic E-state index is 11.3. The zero-order valence-electron chi connectivity index (χ0n) is 7.39. The molecular weight excluding hydrogens is 162 g/mol. The minimum Gasteiger partial charge on any atom is -0.294 e. The number of aromatic nitrogens is 1. The fraction of sp³-hybridized carbons (Fsp3) is 0.273. The highest BCUT2D eigenvalue weighted by molar-refractivity contribution is 5.94. The molecule has 0 atom stereocenters. The van der Waals surface area contributed by atoms with Crippen LogP contribution in [0.4, 0.5) is 0 Å². The highest BCUT2D eigenvalue weighted by Crippen LogP contribution is 2.29. The lowest BCUT2D eigenvalue weighted by atomic mass is 10.2. The van der Waals surface area contributed by atoms with Gasteiger partial charge in [-0.25, -0.2) is 0 Å². The summed E-state index contributed by atoms with van der Waals surface area (Å²) in [6, 6.07) is 5.82. The van der Waals surface area contributed by atoms with Crippen molar-refractivity contribution in [1.82, 2.24) is 0 Å². The lowest BCUT2D eigenvalue weighted by Gasteiger charge is -1.85. The third-order valence-corrected chi connectivity index (χ3v) is 2.13. The summed E-state index contributed by atoms with van der Waals surface area (Å²) in [6.45, 7) is 0. The van der Waals surface area contributed by atoms with Crippen molar-refractivity contribution in [3.8, 4) is 0 Å². The Kier molecular flexibility index (Phi) is 2.21. The van der Waals surface area contributed by atoms with Gasteiger partial charge >= 0.3 is 0 Å². The Bertz CT molecular complexity index is 325. The predicted molar refractivity (Wildman–Crippen MR) is 49.7 cm³/mol. The summed E-state index contributed by atoms with van der Waals surface area (Å²) < 4.78 is 1.88. The van der Waals surface area contributed by atoms with E-state index in [0.717, 1.165) is 12.8 Å². The Balaban J connectivity index is 2.00. The zero-order chi connectivity index (χ0) is 9.10. The molecule has 0 amide bonds. The number of rotatable bonds is 3. The van der Waals surface area contributed by atoms with Crippen LogP contribution in [0.15, 0.2) is 36.7 Å². The van der Waals surface area contributed by atoms with Crippen molar-refractivity contribution in [2.24, 2.45) is 5.92 Å². The first-order valence-corrected chi connectivity index (χ1v) is 4.54.